The first-order valence-electron chi connectivity index (χ1n) is 14.7. The minimum absolute atomic E-state index is 0.0101. The Kier molecular flexibility index (Phi) is 13.3. The number of nitrogens with one attached hydrogen (secondary N) is 2. The van der Waals surface area contributed by atoms with E-state index in [4.69, 9.17) is 24.1 Å². The molecule has 0 saturated carbocycles. The molecule has 3 aromatic rings. The maximum atomic E-state index is 13.3. The summed E-state index contributed by atoms with van der Waals surface area (Å²) in [5.74, 6) is -1.34. The maximum absolute atomic E-state index is 13.3. The average molecular weight is 678 g/mol. The SMILES string of the molecule is CCOC(=O)CCNC(=O)OCCCOc1cc(C(N)=O)cc2nc(NC(=O)c3cc(C)nn3CC)n(C/C=C/COS(C)(=O)=O)c12. The molecule has 17 nitrogen and oxygen atoms in total. The smallest absolute Gasteiger partial charge is 0.407 e. The van der Waals surface area contributed by atoms with Crippen molar-refractivity contribution in [3.05, 3.63) is 47.3 Å². The highest BCUT2D eigenvalue weighted by atomic mass is 32.2. The Morgan fingerprint density at radius 3 is 2.51 bits per heavy atom. The third-order valence-electron chi connectivity index (χ3n) is 6.27. The number of hydrogen-bond acceptors (Lipinski definition) is 12. The van der Waals surface area contributed by atoms with Crippen LogP contribution in [0.15, 0.2) is 30.4 Å². The minimum Gasteiger partial charge on any atom is -0.491 e. The van der Waals surface area contributed by atoms with Gasteiger partial charge in [-0.1, -0.05) is 12.2 Å². The van der Waals surface area contributed by atoms with Crippen LogP contribution in [-0.2, 0) is 41.7 Å². The topological polar surface area (TPSA) is 225 Å². The molecule has 0 atom stereocenters. The number of amides is 3. The van der Waals surface area contributed by atoms with E-state index in [1.807, 2.05) is 6.92 Å². The van der Waals surface area contributed by atoms with Crippen molar-refractivity contribution in [1.29, 1.82) is 0 Å². The highest BCUT2D eigenvalue weighted by molar-refractivity contribution is 7.86. The van der Waals surface area contributed by atoms with E-state index in [1.54, 1.807) is 35.2 Å². The number of hydrogen-bond donors (Lipinski definition) is 3. The Morgan fingerprint density at radius 2 is 1.83 bits per heavy atom. The van der Waals surface area contributed by atoms with Crippen LogP contribution in [0, 0.1) is 6.92 Å². The van der Waals surface area contributed by atoms with Crippen LogP contribution >= 0.6 is 0 Å². The Hall–Kier alpha value is -4.97. The lowest BCUT2D eigenvalue weighted by Crippen LogP contribution is -2.27. The molecule has 256 valence electrons. The first kappa shape index (κ1) is 36.5. The Labute approximate surface area is 271 Å². The number of aromatic nitrogens is 4. The fourth-order valence-electron chi connectivity index (χ4n) is 4.26. The van der Waals surface area contributed by atoms with Crippen LogP contribution in [0.1, 0.15) is 53.2 Å². The van der Waals surface area contributed by atoms with Gasteiger partial charge in [-0.05, 0) is 39.0 Å². The largest absolute Gasteiger partial charge is 0.491 e. The summed E-state index contributed by atoms with van der Waals surface area (Å²) in [4.78, 5) is 53.3. The predicted molar refractivity (Wildman–Crippen MR) is 169 cm³/mol. The number of nitrogens with two attached hydrogens (primary N) is 1. The molecule has 3 amide bonds. The molecule has 2 heterocycles. The van der Waals surface area contributed by atoms with Crippen LogP contribution in [0.2, 0.25) is 0 Å². The highest BCUT2D eigenvalue weighted by Crippen LogP contribution is 2.31. The molecule has 2 aromatic heterocycles. The quantitative estimate of drug-likeness (QED) is 0.0760. The second-order valence-corrected chi connectivity index (χ2v) is 11.6. The Morgan fingerprint density at radius 1 is 1.06 bits per heavy atom. The van der Waals surface area contributed by atoms with E-state index in [9.17, 15) is 27.6 Å². The maximum Gasteiger partial charge on any atom is 0.407 e. The monoisotopic (exact) mass is 677 g/mol. The summed E-state index contributed by atoms with van der Waals surface area (Å²) in [6, 6.07) is 4.53. The number of benzene rings is 1. The fraction of sp³-hybridized carbons (Fsp3) is 0.448. The van der Waals surface area contributed by atoms with Gasteiger partial charge in [-0.15, -0.1) is 0 Å². The molecule has 4 N–H and O–H groups in total. The molecule has 3 rings (SSSR count). The van der Waals surface area contributed by atoms with E-state index in [0.717, 1.165) is 6.26 Å². The molecule has 0 radical (unpaired) electrons. The molecule has 0 bridgehead atoms. The number of primary amides is 1. The summed E-state index contributed by atoms with van der Waals surface area (Å²) < 4.78 is 46.5. The second-order valence-electron chi connectivity index (χ2n) is 9.97. The van der Waals surface area contributed by atoms with E-state index >= 15 is 0 Å². The van der Waals surface area contributed by atoms with Crippen molar-refractivity contribution in [2.45, 2.75) is 46.7 Å². The van der Waals surface area contributed by atoms with Crippen molar-refractivity contribution in [2.75, 3.05) is 44.5 Å². The molecule has 18 heteroatoms. The van der Waals surface area contributed by atoms with E-state index in [1.165, 1.54) is 18.2 Å². The number of ether oxygens (including phenoxy) is 3. The summed E-state index contributed by atoms with van der Waals surface area (Å²) in [7, 11) is -3.66. The van der Waals surface area contributed by atoms with Crippen molar-refractivity contribution >= 4 is 51.0 Å². The number of anilines is 1. The number of nitrogens with zero attached hydrogens (tertiary/aromatic N) is 4. The van der Waals surface area contributed by atoms with E-state index in [-0.39, 0.29) is 75.1 Å². The van der Waals surface area contributed by atoms with Crippen LogP contribution in [-0.4, -0.2) is 90.9 Å². The minimum atomic E-state index is -3.66. The van der Waals surface area contributed by atoms with Gasteiger partial charge in [0.1, 0.15) is 17.0 Å². The zero-order valence-corrected chi connectivity index (χ0v) is 27.4. The third-order valence-corrected chi connectivity index (χ3v) is 6.83. The van der Waals surface area contributed by atoms with Crippen molar-refractivity contribution < 1.29 is 46.0 Å². The highest BCUT2D eigenvalue weighted by Gasteiger charge is 2.21. The molecule has 0 unspecified atom stereocenters. The Balaban J connectivity index is 1.83. The number of aryl methyl sites for hydroxylation is 2. The van der Waals surface area contributed by atoms with Gasteiger partial charge in [0.25, 0.3) is 16.0 Å². The van der Waals surface area contributed by atoms with Crippen molar-refractivity contribution in [3.63, 3.8) is 0 Å². The van der Waals surface area contributed by atoms with Crippen molar-refractivity contribution in [1.82, 2.24) is 24.6 Å². The lowest BCUT2D eigenvalue weighted by molar-refractivity contribution is -0.142. The van der Waals surface area contributed by atoms with Crippen LogP contribution < -0.4 is 21.1 Å². The summed E-state index contributed by atoms with van der Waals surface area (Å²) >= 11 is 0. The van der Waals surface area contributed by atoms with Gasteiger partial charge in [0.15, 0.2) is 0 Å². The number of esters is 1. The molecular formula is C29H39N7O10S. The number of carbonyl (C=O) groups is 4. The summed E-state index contributed by atoms with van der Waals surface area (Å²) in [5.41, 5.74) is 7.31. The number of carbonyl (C=O) groups excluding carboxylic acids is 4. The first-order chi connectivity index (χ1) is 22.3. The van der Waals surface area contributed by atoms with Crippen molar-refractivity contribution in [2.24, 2.45) is 5.73 Å². The molecule has 0 aliphatic rings. The first-order valence-corrected chi connectivity index (χ1v) is 16.5. The van der Waals surface area contributed by atoms with E-state index in [0.29, 0.717) is 23.4 Å². The normalized spacial score (nSPS) is 11.5. The third kappa shape index (κ3) is 11.1. The van der Waals surface area contributed by atoms with Crippen LogP contribution in [0.5, 0.6) is 5.75 Å². The van der Waals surface area contributed by atoms with Gasteiger partial charge in [-0.3, -0.25) is 28.6 Å². The van der Waals surface area contributed by atoms with Gasteiger partial charge in [-0.25, -0.2) is 9.78 Å². The zero-order chi connectivity index (χ0) is 34.6. The van der Waals surface area contributed by atoms with Crippen molar-refractivity contribution in [3.8, 4) is 5.75 Å². The molecule has 0 fully saturated rings. The molecule has 0 aliphatic carbocycles. The molecule has 1 aromatic carbocycles. The van der Waals surface area contributed by atoms with Crippen LogP contribution in [0.4, 0.5) is 10.7 Å². The number of fused-ring (bicyclic) bond motifs is 1. The van der Waals surface area contributed by atoms with Gasteiger partial charge in [0.05, 0.1) is 50.3 Å². The van der Waals surface area contributed by atoms with Gasteiger partial charge in [0.2, 0.25) is 11.9 Å². The summed E-state index contributed by atoms with van der Waals surface area (Å²) in [6.45, 7) is 5.97. The molecular weight excluding hydrogens is 638 g/mol. The molecule has 47 heavy (non-hydrogen) atoms. The second kappa shape index (κ2) is 17.1. The van der Waals surface area contributed by atoms with Crippen LogP contribution in [0.3, 0.4) is 0 Å². The average Bonchev–Trinajstić information content (AvgIpc) is 3.55. The number of allylic oxidation sites excluding steroid dienone is 1. The Bertz CT molecular complexity index is 1730. The van der Waals surface area contributed by atoms with E-state index in [2.05, 4.69) is 20.7 Å². The van der Waals surface area contributed by atoms with Gasteiger partial charge in [-0.2, -0.15) is 13.5 Å². The molecule has 0 aliphatic heterocycles. The summed E-state index contributed by atoms with van der Waals surface area (Å²) in [5, 5.41) is 9.55. The molecule has 0 spiro atoms. The standard InChI is InChI=1S/C29H39N7O10S/c1-5-36-22(16-19(3)34-36)27(39)33-28-32-21-17-20(26(30)38)18-23(25(21)35(28)12-7-8-15-46-47(4,41)42)44-13-9-14-45-29(40)31-11-10-24(37)43-6-2/h7-8,16-18H,5-6,9-15H2,1-4H3,(H2,30,38)(H,31,40)(H,32,33,39)/b8-7+. The number of alkyl carbamates (subject to hydrolysis) is 1. The zero-order valence-electron chi connectivity index (χ0n) is 26.6. The predicted octanol–water partition coefficient (Wildman–Crippen LogP) is 1.89. The van der Waals surface area contributed by atoms with Gasteiger partial charge in [0, 0.05) is 31.6 Å². The number of rotatable bonds is 18. The molecule has 0 saturated heterocycles. The van der Waals surface area contributed by atoms with Gasteiger partial charge < -0.3 is 29.8 Å². The number of imidazole rings is 1. The fourth-order valence-corrected chi connectivity index (χ4v) is 4.58. The lowest BCUT2D eigenvalue weighted by atomic mass is 10.1. The van der Waals surface area contributed by atoms with Gasteiger partial charge >= 0.3 is 12.1 Å². The van der Waals surface area contributed by atoms with Crippen LogP contribution in [0.25, 0.3) is 11.0 Å². The summed E-state index contributed by atoms with van der Waals surface area (Å²) in [6.07, 6.45) is 3.59. The van der Waals surface area contributed by atoms with E-state index < -0.39 is 34.0 Å². The lowest BCUT2D eigenvalue weighted by Gasteiger charge is -2.13.